The van der Waals surface area contributed by atoms with Crippen molar-refractivity contribution in [1.82, 2.24) is 19.8 Å². The number of hydrogen-bond donors (Lipinski definition) is 1. The lowest BCUT2D eigenvalue weighted by molar-refractivity contribution is -0.144. The highest BCUT2D eigenvalue weighted by molar-refractivity contribution is 5.79. The molecule has 2 amide bonds. The number of imidazole rings is 1. The zero-order valence-corrected chi connectivity index (χ0v) is 16.2. The average Bonchev–Trinajstić information content (AvgIpc) is 3.16. The quantitative estimate of drug-likeness (QED) is 0.848. The van der Waals surface area contributed by atoms with Crippen molar-refractivity contribution in [2.24, 2.45) is 11.3 Å². The fraction of sp³-hybridized carbons (Fsp3) is 0.750. The monoisotopic (exact) mass is 360 g/mol. The second kappa shape index (κ2) is 8.23. The van der Waals surface area contributed by atoms with Crippen molar-refractivity contribution in [3.63, 3.8) is 0 Å². The van der Waals surface area contributed by atoms with E-state index >= 15 is 0 Å². The molecule has 1 N–H and O–H groups in total. The highest BCUT2D eigenvalue weighted by atomic mass is 16.2. The largest absolute Gasteiger partial charge is 0.348 e. The third kappa shape index (κ3) is 4.27. The van der Waals surface area contributed by atoms with Gasteiger partial charge in [-0.25, -0.2) is 4.98 Å². The number of hydrogen-bond acceptors (Lipinski definition) is 3. The lowest BCUT2D eigenvalue weighted by atomic mass is 9.72. The summed E-state index contributed by atoms with van der Waals surface area (Å²) >= 11 is 0. The molecule has 1 aromatic rings. The van der Waals surface area contributed by atoms with Crippen LogP contribution in [0.2, 0.25) is 0 Å². The van der Waals surface area contributed by atoms with E-state index in [1.54, 1.807) is 6.33 Å². The van der Waals surface area contributed by atoms with E-state index in [0.29, 0.717) is 12.3 Å². The second-order valence-corrected chi connectivity index (χ2v) is 8.16. The van der Waals surface area contributed by atoms with Gasteiger partial charge < -0.3 is 14.8 Å². The van der Waals surface area contributed by atoms with Crippen molar-refractivity contribution in [3.05, 3.63) is 18.2 Å². The zero-order valence-electron chi connectivity index (χ0n) is 16.2. The normalized spacial score (nSPS) is 21.2. The Morgan fingerprint density at radius 2 is 2.12 bits per heavy atom. The molecular formula is C20H32N4O2. The number of nitrogens with one attached hydrogen (secondary N) is 1. The molecule has 26 heavy (non-hydrogen) atoms. The van der Waals surface area contributed by atoms with Gasteiger partial charge in [0.1, 0.15) is 0 Å². The smallest absolute Gasteiger partial charge is 0.225 e. The van der Waals surface area contributed by atoms with Crippen LogP contribution < -0.4 is 0 Å². The van der Waals surface area contributed by atoms with Gasteiger partial charge in [-0.2, -0.15) is 0 Å². The van der Waals surface area contributed by atoms with Crippen LogP contribution in [0.3, 0.4) is 0 Å². The molecule has 1 aromatic heterocycles. The van der Waals surface area contributed by atoms with Gasteiger partial charge in [-0.3, -0.25) is 9.59 Å². The molecule has 2 aliphatic rings. The van der Waals surface area contributed by atoms with Crippen LogP contribution in [-0.2, 0) is 16.0 Å². The number of aromatic nitrogens is 2. The predicted molar refractivity (Wildman–Crippen MR) is 100 cm³/mol. The van der Waals surface area contributed by atoms with Gasteiger partial charge in [0.15, 0.2) is 0 Å². The number of carbonyl (C=O) groups is 2. The van der Waals surface area contributed by atoms with Crippen molar-refractivity contribution in [1.29, 1.82) is 0 Å². The minimum atomic E-state index is 0.132. The summed E-state index contributed by atoms with van der Waals surface area (Å²) in [6.07, 6.45) is 10.0. The van der Waals surface area contributed by atoms with E-state index in [1.807, 2.05) is 18.0 Å². The Hall–Kier alpha value is -1.85. The van der Waals surface area contributed by atoms with Gasteiger partial charge in [0.25, 0.3) is 0 Å². The highest BCUT2D eigenvalue weighted by Gasteiger charge is 2.41. The molecule has 0 radical (unpaired) electrons. The molecule has 2 saturated heterocycles. The minimum Gasteiger partial charge on any atom is -0.348 e. The third-order valence-corrected chi connectivity index (χ3v) is 6.23. The molecule has 1 spiro atoms. The molecule has 0 unspecified atom stereocenters. The Morgan fingerprint density at radius 1 is 1.35 bits per heavy atom. The van der Waals surface area contributed by atoms with Gasteiger partial charge in [0, 0.05) is 56.8 Å². The fourth-order valence-electron chi connectivity index (χ4n) is 4.46. The van der Waals surface area contributed by atoms with E-state index in [1.165, 1.54) is 0 Å². The average molecular weight is 361 g/mol. The first-order chi connectivity index (χ1) is 12.5. The summed E-state index contributed by atoms with van der Waals surface area (Å²) in [6, 6.07) is 0. The second-order valence-electron chi connectivity index (χ2n) is 8.16. The van der Waals surface area contributed by atoms with Crippen LogP contribution >= 0.6 is 0 Å². The van der Waals surface area contributed by atoms with Gasteiger partial charge in [-0.1, -0.05) is 20.3 Å². The lowest BCUT2D eigenvalue weighted by Crippen LogP contribution is -2.53. The Morgan fingerprint density at radius 3 is 2.77 bits per heavy atom. The van der Waals surface area contributed by atoms with Crippen LogP contribution in [-0.4, -0.2) is 57.8 Å². The van der Waals surface area contributed by atoms with Crippen LogP contribution in [0.15, 0.2) is 12.5 Å². The molecule has 3 rings (SSSR count). The van der Waals surface area contributed by atoms with Gasteiger partial charge in [-0.15, -0.1) is 0 Å². The summed E-state index contributed by atoms with van der Waals surface area (Å²) in [4.78, 5) is 36.1. The molecule has 1 atom stereocenters. The molecule has 6 nitrogen and oxygen atoms in total. The van der Waals surface area contributed by atoms with Gasteiger partial charge in [0.2, 0.25) is 11.8 Å². The Bertz CT molecular complexity index is 605. The van der Waals surface area contributed by atoms with Crippen LogP contribution in [0.5, 0.6) is 0 Å². The Balaban J connectivity index is 1.54. The van der Waals surface area contributed by atoms with Gasteiger partial charge in [0.05, 0.1) is 6.33 Å². The number of nitrogens with zero attached hydrogens (tertiary/aromatic N) is 3. The topological polar surface area (TPSA) is 69.3 Å². The molecule has 0 saturated carbocycles. The van der Waals surface area contributed by atoms with Crippen molar-refractivity contribution >= 4 is 11.8 Å². The van der Waals surface area contributed by atoms with Gasteiger partial charge in [-0.05, 0) is 31.1 Å². The maximum atomic E-state index is 12.6. The fourth-order valence-corrected chi connectivity index (χ4v) is 4.46. The summed E-state index contributed by atoms with van der Waals surface area (Å²) in [5.41, 5.74) is 1.27. The number of aromatic amines is 1. The van der Waals surface area contributed by atoms with E-state index in [9.17, 15) is 9.59 Å². The number of amides is 2. The predicted octanol–water partition coefficient (Wildman–Crippen LogP) is 2.62. The maximum Gasteiger partial charge on any atom is 0.225 e. The summed E-state index contributed by atoms with van der Waals surface area (Å²) in [6.45, 7) is 7.45. The van der Waals surface area contributed by atoms with Gasteiger partial charge >= 0.3 is 0 Å². The SMILES string of the molecule is CCC[C@H](C)C(=O)N1CCC2(CCC(=O)N(CCc3cnc[nH]3)C2)CC1. The van der Waals surface area contributed by atoms with Crippen molar-refractivity contribution in [2.75, 3.05) is 26.2 Å². The number of carbonyl (C=O) groups excluding carboxylic acids is 2. The molecule has 6 heteroatoms. The molecule has 2 fully saturated rings. The number of likely N-dealkylation sites (tertiary alicyclic amines) is 2. The van der Waals surface area contributed by atoms with Crippen LogP contribution in [0.25, 0.3) is 0 Å². The lowest BCUT2D eigenvalue weighted by Gasteiger charge is -2.47. The van der Waals surface area contributed by atoms with Crippen molar-refractivity contribution < 1.29 is 9.59 Å². The minimum absolute atomic E-state index is 0.132. The first-order valence-electron chi connectivity index (χ1n) is 10.1. The molecule has 0 aromatic carbocycles. The Labute approximate surface area is 156 Å². The van der Waals surface area contributed by atoms with E-state index in [2.05, 4.69) is 21.8 Å². The summed E-state index contributed by atoms with van der Waals surface area (Å²) in [5.74, 6) is 0.711. The van der Waals surface area contributed by atoms with Crippen LogP contribution in [0.4, 0.5) is 0 Å². The first kappa shape index (κ1) is 18.9. The Kier molecular flexibility index (Phi) is 5.99. The number of H-pyrrole nitrogens is 1. The molecule has 2 aliphatic heterocycles. The summed E-state index contributed by atoms with van der Waals surface area (Å²) < 4.78 is 0. The van der Waals surface area contributed by atoms with Crippen LogP contribution in [0, 0.1) is 11.3 Å². The number of piperidine rings is 2. The van der Waals surface area contributed by atoms with E-state index < -0.39 is 0 Å². The van der Waals surface area contributed by atoms with Crippen LogP contribution in [0.1, 0.15) is 58.1 Å². The summed E-state index contributed by atoms with van der Waals surface area (Å²) in [7, 11) is 0. The molecule has 0 aliphatic carbocycles. The molecule has 144 valence electrons. The van der Waals surface area contributed by atoms with Crippen molar-refractivity contribution in [2.45, 2.75) is 58.8 Å². The van der Waals surface area contributed by atoms with E-state index in [0.717, 1.165) is 70.4 Å². The highest BCUT2D eigenvalue weighted by Crippen LogP contribution is 2.40. The van der Waals surface area contributed by atoms with E-state index in [4.69, 9.17) is 0 Å². The number of rotatable bonds is 6. The molecule has 3 heterocycles. The first-order valence-corrected chi connectivity index (χ1v) is 10.1. The third-order valence-electron chi connectivity index (χ3n) is 6.23. The van der Waals surface area contributed by atoms with E-state index in [-0.39, 0.29) is 17.2 Å². The zero-order chi connectivity index (χ0) is 18.6. The standard InChI is InChI=1S/C20H32N4O2/c1-3-4-16(2)19(26)23-11-8-20(9-12-23)7-5-18(25)24(14-20)10-6-17-13-21-15-22-17/h13,15-16H,3-12,14H2,1-2H3,(H,21,22)/t16-/m0/s1. The molecular weight excluding hydrogens is 328 g/mol. The molecule has 0 bridgehead atoms. The maximum absolute atomic E-state index is 12.6. The van der Waals surface area contributed by atoms with Crippen molar-refractivity contribution in [3.8, 4) is 0 Å². The summed E-state index contributed by atoms with van der Waals surface area (Å²) in [5, 5.41) is 0.